The lowest BCUT2D eigenvalue weighted by atomic mass is 10.1. The van der Waals surface area contributed by atoms with Crippen LogP contribution in [0.15, 0.2) is 30.3 Å². The van der Waals surface area contributed by atoms with Crippen molar-refractivity contribution in [2.45, 2.75) is 25.7 Å². The first-order chi connectivity index (χ1) is 8.22. The van der Waals surface area contributed by atoms with Gasteiger partial charge in [-0.15, -0.1) is 0 Å². The van der Waals surface area contributed by atoms with Crippen molar-refractivity contribution < 1.29 is 14.3 Å². The lowest BCUT2D eigenvalue weighted by Gasteiger charge is -2.24. The molecule has 17 heavy (non-hydrogen) atoms. The van der Waals surface area contributed by atoms with E-state index in [2.05, 4.69) is 5.32 Å². The van der Waals surface area contributed by atoms with Crippen LogP contribution in [0.2, 0.25) is 0 Å². The lowest BCUT2D eigenvalue weighted by Crippen LogP contribution is -2.44. The molecule has 0 spiro atoms. The zero-order valence-corrected chi connectivity index (χ0v) is 10.5. The Balaban J connectivity index is 2.66. The first-order valence-electron chi connectivity index (χ1n) is 5.64. The number of hydrogen-bond acceptors (Lipinski definition) is 3. The predicted molar refractivity (Wildman–Crippen MR) is 65.8 cm³/mol. The van der Waals surface area contributed by atoms with Gasteiger partial charge in [0, 0.05) is 19.8 Å². The Morgan fingerprint density at radius 1 is 1.24 bits per heavy atom. The fourth-order valence-electron chi connectivity index (χ4n) is 1.63. The number of hydrogen-bond donors (Lipinski definition) is 1. The summed E-state index contributed by atoms with van der Waals surface area (Å²) in [5.74, 6) is -0.114. The SMILES string of the molecule is CC[C@H](NC(=O)c1ccccc1)C(OC)OC. The van der Waals surface area contributed by atoms with E-state index in [1.54, 1.807) is 26.4 Å². The molecule has 0 aromatic heterocycles. The number of amides is 1. The van der Waals surface area contributed by atoms with Gasteiger partial charge in [0.2, 0.25) is 0 Å². The number of rotatable bonds is 6. The van der Waals surface area contributed by atoms with E-state index >= 15 is 0 Å². The van der Waals surface area contributed by atoms with Crippen molar-refractivity contribution >= 4 is 5.91 Å². The number of carbonyl (C=O) groups is 1. The Kier molecular flexibility index (Phi) is 5.66. The summed E-state index contributed by atoms with van der Waals surface area (Å²) in [6.45, 7) is 1.97. The normalized spacial score (nSPS) is 12.5. The molecule has 1 amide bonds. The topological polar surface area (TPSA) is 47.6 Å². The number of benzene rings is 1. The summed E-state index contributed by atoms with van der Waals surface area (Å²) >= 11 is 0. The maximum atomic E-state index is 11.9. The molecule has 0 radical (unpaired) electrons. The van der Waals surface area contributed by atoms with Gasteiger partial charge in [0.25, 0.3) is 5.91 Å². The molecule has 1 N–H and O–H groups in total. The Morgan fingerprint density at radius 2 is 1.82 bits per heavy atom. The third kappa shape index (κ3) is 3.84. The number of nitrogens with one attached hydrogen (secondary N) is 1. The maximum absolute atomic E-state index is 11.9. The predicted octanol–water partition coefficient (Wildman–Crippen LogP) is 1.81. The second kappa shape index (κ2) is 7.04. The second-order valence-electron chi connectivity index (χ2n) is 3.69. The second-order valence-corrected chi connectivity index (χ2v) is 3.69. The quantitative estimate of drug-likeness (QED) is 0.768. The van der Waals surface area contributed by atoms with Crippen LogP contribution in [-0.4, -0.2) is 32.5 Å². The molecule has 0 saturated carbocycles. The van der Waals surface area contributed by atoms with Crippen molar-refractivity contribution in [1.82, 2.24) is 5.32 Å². The molecule has 0 bridgehead atoms. The smallest absolute Gasteiger partial charge is 0.251 e. The van der Waals surface area contributed by atoms with E-state index in [1.807, 2.05) is 25.1 Å². The summed E-state index contributed by atoms with van der Waals surface area (Å²) in [6, 6.07) is 8.94. The van der Waals surface area contributed by atoms with Crippen LogP contribution in [0, 0.1) is 0 Å². The third-order valence-electron chi connectivity index (χ3n) is 2.59. The first kappa shape index (κ1) is 13.7. The third-order valence-corrected chi connectivity index (χ3v) is 2.59. The van der Waals surface area contributed by atoms with Crippen LogP contribution < -0.4 is 5.32 Å². The molecule has 1 rings (SSSR count). The van der Waals surface area contributed by atoms with E-state index in [4.69, 9.17) is 9.47 Å². The molecule has 0 fully saturated rings. The highest BCUT2D eigenvalue weighted by atomic mass is 16.7. The Bertz CT molecular complexity index is 336. The molecule has 94 valence electrons. The summed E-state index contributed by atoms with van der Waals surface area (Å²) in [5.41, 5.74) is 0.636. The largest absolute Gasteiger partial charge is 0.354 e. The van der Waals surface area contributed by atoms with E-state index in [9.17, 15) is 4.79 Å². The average molecular weight is 237 g/mol. The van der Waals surface area contributed by atoms with E-state index in [0.717, 1.165) is 6.42 Å². The summed E-state index contributed by atoms with van der Waals surface area (Å²) in [6.07, 6.45) is 0.318. The molecule has 0 aliphatic heterocycles. The summed E-state index contributed by atoms with van der Waals surface area (Å²) in [5, 5.41) is 2.90. The molecular weight excluding hydrogens is 218 g/mol. The van der Waals surface area contributed by atoms with E-state index < -0.39 is 6.29 Å². The van der Waals surface area contributed by atoms with Crippen LogP contribution >= 0.6 is 0 Å². The molecule has 4 nitrogen and oxygen atoms in total. The van der Waals surface area contributed by atoms with Gasteiger partial charge in [-0.1, -0.05) is 25.1 Å². The number of methoxy groups -OCH3 is 2. The van der Waals surface area contributed by atoms with Gasteiger partial charge in [0.05, 0.1) is 6.04 Å². The van der Waals surface area contributed by atoms with Crippen LogP contribution in [0.5, 0.6) is 0 Å². The van der Waals surface area contributed by atoms with Crippen LogP contribution in [0.3, 0.4) is 0 Å². The van der Waals surface area contributed by atoms with Crippen LogP contribution in [0.25, 0.3) is 0 Å². The van der Waals surface area contributed by atoms with Gasteiger partial charge < -0.3 is 14.8 Å². The Hall–Kier alpha value is -1.39. The molecule has 1 aromatic rings. The highest BCUT2D eigenvalue weighted by Crippen LogP contribution is 2.06. The van der Waals surface area contributed by atoms with Crippen molar-refractivity contribution in [3.8, 4) is 0 Å². The van der Waals surface area contributed by atoms with Gasteiger partial charge in [-0.3, -0.25) is 4.79 Å². The molecule has 1 aromatic carbocycles. The standard InChI is InChI=1S/C13H19NO3/c1-4-11(13(16-2)17-3)14-12(15)10-8-6-5-7-9-10/h5-9,11,13H,4H2,1-3H3,(H,14,15)/t11-/m0/s1. The van der Waals surface area contributed by atoms with Gasteiger partial charge in [0.1, 0.15) is 0 Å². The molecule has 0 aliphatic rings. The number of carbonyl (C=O) groups excluding carboxylic acids is 1. The van der Waals surface area contributed by atoms with E-state index in [0.29, 0.717) is 5.56 Å². The Labute approximate surface area is 102 Å². The highest BCUT2D eigenvalue weighted by molar-refractivity contribution is 5.94. The summed E-state index contributed by atoms with van der Waals surface area (Å²) < 4.78 is 10.3. The molecule has 0 saturated heterocycles. The Morgan fingerprint density at radius 3 is 2.29 bits per heavy atom. The molecule has 0 heterocycles. The van der Waals surface area contributed by atoms with E-state index in [1.165, 1.54) is 0 Å². The minimum atomic E-state index is -0.423. The van der Waals surface area contributed by atoms with Gasteiger partial charge in [0.15, 0.2) is 6.29 Å². The van der Waals surface area contributed by atoms with Crippen molar-refractivity contribution in [3.63, 3.8) is 0 Å². The van der Waals surface area contributed by atoms with Crippen molar-refractivity contribution in [3.05, 3.63) is 35.9 Å². The van der Waals surface area contributed by atoms with Gasteiger partial charge in [-0.05, 0) is 18.6 Å². The fourth-order valence-corrected chi connectivity index (χ4v) is 1.63. The van der Waals surface area contributed by atoms with E-state index in [-0.39, 0.29) is 11.9 Å². The maximum Gasteiger partial charge on any atom is 0.251 e. The first-order valence-corrected chi connectivity index (χ1v) is 5.64. The van der Waals surface area contributed by atoms with Gasteiger partial charge >= 0.3 is 0 Å². The fraction of sp³-hybridized carbons (Fsp3) is 0.462. The highest BCUT2D eigenvalue weighted by Gasteiger charge is 2.21. The monoisotopic (exact) mass is 237 g/mol. The minimum absolute atomic E-state index is 0.114. The van der Waals surface area contributed by atoms with Crippen LogP contribution in [0.1, 0.15) is 23.7 Å². The molecule has 0 unspecified atom stereocenters. The number of ether oxygens (including phenoxy) is 2. The van der Waals surface area contributed by atoms with Crippen molar-refractivity contribution in [1.29, 1.82) is 0 Å². The van der Waals surface area contributed by atoms with Crippen LogP contribution in [0.4, 0.5) is 0 Å². The average Bonchev–Trinajstić information content (AvgIpc) is 2.39. The molecule has 1 atom stereocenters. The minimum Gasteiger partial charge on any atom is -0.354 e. The molecular formula is C13H19NO3. The van der Waals surface area contributed by atoms with Gasteiger partial charge in [-0.25, -0.2) is 0 Å². The molecule has 0 aliphatic carbocycles. The lowest BCUT2D eigenvalue weighted by molar-refractivity contribution is -0.121. The van der Waals surface area contributed by atoms with Crippen LogP contribution in [-0.2, 0) is 9.47 Å². The summed E-state index contributed by atoms with van der Waals surface area (Å²) in [4.78, 5) is 11.9. The zero-order chi connectivity index (χ0) is 12.7. The van der Waals surface area contributed by atoms with Gasteiger partial charge in [-0.2, -0.15) is 0 Å². The zero-order valence-electron chi connectivity index (χ0n) is 10.5. The summed E-state index contributed by atoms with van der Waals surface area (Å²) in [7, 11) is 3.12. The van der Waals surface area contributed by atoms with Crippen molar-refractivity contribution in [2.75, 3.05) is 14.2 Å². The molecule has 4 heteroatoms. The van der Waals surface area contributed by atoms with Crippen molar-refractivity contribution in [2.24, 2.45) is 0 Å².